The second kappa shape index (κ2) is 30.3. The van der Waals surface area contributed by atoms with Gasteiger partial charge in [-0.25, -0.2) is 30.4 Å². The first-order valence-corrected chi connectivity index (χ1v) is 27.9. The molecule has 8 rings (SSSR count). The van der Waals surface area contributed by atoms with E-state index in [1.165, 1.54) is 23.7 Å². The monoisotopic (exact) mass is 1190 g/mol. The normalized spacial score (nSPS) is 11.6. The van der Waals surface area contributed by atoms with E-state index in [4.69, 9.17) is 55.9 Å². The van der Waals surface area contributed by atoms with Crippen molar-refractivity contribution in [1.82, 2.24) is 3.97 Å². The smallest absolute Gasteiger partial charge is 0.356 e. The average molecular weight is 1190 g/mol. The number of aryl methyl sites for hydroxylation is 5. The zero-order valence-corrected chi connectivity index (χ0v) is 49.7. The topological polar surface area (TPSA) is 143 Å². The van der Waals surface area contributed by atoms with Gasteiger partial charge in [0.05, 0.1) is 23.0 Å². The van der Waals surface area contributed by atoms with Gasteiger partial charge in [0.25, 0.3) is 10.0 Å². The predicted molar refractivity (Wildman–Crippen MR) is 310 cm³/mol. The number of hydrogen-bond donors (Lipinski definition) is 0. The van der Waals surface area contributed by atoms with Gasteiger partial charge in [0.1, 0.15) is 12.0 Å². The second-order valence-electron chi connectivity index (χ2n) is 16.8. The summed E-state index contributed by atoms with van der Waals surface area (Å²) in [5.41, 5.74) is 10.1. The number of carbonyl (C=O) groups is 3. The zero-order valence-electron chi connectivity index (χ0n) is 43.7. The minimum atomic E-state index is -3.96. The maximum absolute atomic E-state index is 13.1. The molecule has 1 radical (unpaired) electrons. The van der Waals surface area contributed by atoms with E-state index in [0.29, 0.717) is 60.3 Å². The molecule has 0 amide bonds. The van der Waals surface area contributed by atoms with E-state index in [9.17, 15) is 31.2 Å². The molecule has 403 valence electrons. The Hall–Kier alpha value is -5.93. The Morgan fingerprint density at radius 3 is 1.62 bits per heavy atom. The molecular weight excluding hydrogens is 1140 g/mol. The Bertz CT molecular complexity index is 3520. The third-order valence-corrected chi connectivity index (χ3v) is 15.5. The van der Waals surface area contributed by atoms with Gasteiger partial charge in [-0.15, -0.1) is 0 Å². The first kappa shape index (κ1) is 65.4. The molecule has 7 aromatic rings. The van der Waals surface area contributed by atoms with E-state index in [0.717, 1.165) is 54.8 Å². The third kappa shape index (κ3) is 17.8. The molecule has 0 saturated carbocycles. The molecule has 1 aromatic heterocycles. The predicted octanol–water partition coefficient (Wildman–Crippen LogP) is 15.8. The number of aromatic nitrogens is 1. The van der Waals surface area contributed by atoms with Crippen LogP contribution in [0.1, 0.15) is 80.1 Å². The van der Waals surface area contributed by atoms with Gasteiger partial charge >= 0.3 is 11.9 Å². The molecule has 0 fully saturated rings. The fourth-order valence-corrected chi connectivity index (χ4v) is 10.4. The van der Waals surface area contributed by atoms with E-state index in [-0.39, 0.29) is 49.1 Å². The Morgan fingerprint density at radius 1 is 0.584 bits per heavy atom. The first-order chi connectivity index (χ1) is 35.6. The molecule has 17 heteroatoms. The molecule has 0 N–H and O–H groups in total. The molecule has 0 unspecified atom stereocenters. The van der Waals surface area contributed by atoms with E-state index in [1.807, 2.05) is 90.1 Å². The number of halogens is 4. The van der Waals surface area contributed by atoms with Crippen molar-refractivity contribution in [2.45, 2.75) is 64.7 Å². The number of hydrogen-bond acceptors (Lipinski definition) is 9. The largest absolute Gasteiger partial charge is 0.463 e. The number of benzene rings is 6. The molecular formula is C60H58Cl4NO9S2V-. The number of esters is 2. The van der Waals surface area contributed by atoms with Crippen LogP contribution in [-0.4, -0.2) is 52.2 Å². The summed E-state index contributed by atoms with van der Waals surface area (Å²) in [6, 6.07) is 37.9. The molecule has 0 atom stereocenters. The number of carbonyl (C=O) groups excluding carboxylic acids is 3. The molecule has 77 heavy (non-hydrogen) atoms. The standard InChI is InChI=1S/C20H18ClNO4S.C16H15ClO2S.C15H15ClO2.C8H7ClO.CH3.V/c1-3-26-20(23)19-17(18-13-15(21)10-9-14(18)2)11-12-22(19)27(24,25)16-7-5-4-6-8-16;1-12-3-7-16(8-4-12)20(18,19)10-9-14-11-15(17)6-5-13(14)2;1-3-18-15(17)13-6-4-5-12(13)14-9-11(16)8-7-10(14)2;1-6-2-3-8(9)4-7(6)5-10;;/h4-13H,3H2,1-2H3;3-11H,1-2H3;4-5,7-9H,3,6H2,1-2H3;2-5H,1H3;1H3;/q;;;;-1;/b;10-9+;;;;. The molecule has 0 saturated heterocycles. The number of ether oxygens (including phenoxy) is 2. The molecule has 0 bridgehead atoms. The SMILES string of the molecule is CCOC(=O)C1=C(c2cc(Cl)ccc2C)C=CC1.CCOC(=O)c1c(-c2cc(Cl)ccc2C)ccn1S(=O)(=O)c1ccccc1.Cc1ccc(Cl)cc1C=O.Cc1ccc(S(=O)(=O)/C=C/c2cc(Cl)ccc2C)cc1.[CH3-].[V]. The summed E-state index contributed by atoms with van der Waals surface area (Å²) in [6.07, 6.45) is 8.31. The van der Waals surface area contributed by atoms with Crippen LogP contribution in [0.15, 0.2) is 173 Å². The Labute approximate surface area is 485 Å². The van der Waals surface area contributed by atoms with Crippen LogP contribution in [0.25, 0.3) is 22.8 Å². The van der Waals surface area contributed by atoms with E-state index in [1.54, 1.807) is 97.9 Å². The summed E-state index contributed by atoms with van der Waals surface area (Å²) in [4.78, 5) is 35.2. The van der Waals surface area contributed by atoms with Crippen LogP contribution in [0.5, 0.6) is 0 Å². The molecule has 1 aliphatic rings. The van der Waals surface area contributed by atoms with Crippen molar-refractivity contribution in [3.63, 3.8) is 0 Å². The molecule has 6 aromatic carbocycles. The zero-order chi connectivity index (χ0) is 55.0. The van der Waals surface area contributed by atoms with Crippen molar-refractivity contribution in [3.8, 4) is 11.1 Å². The number of allylic oxidation sites excluding steroid dienone is 3. The van der Waals surface area contributed by atoms with Crippen LogP contribution in [0.3, 0.4) is 0 Å². The first-order valence-electron chi connectivity index (χ1n) is 23.4. The molecule has 1 aliphatic carbocycles. The van der Waals surface area contributed by atoms with Crippen LogP contribution in [0.4, 0.5) is 0 Å². The summed E-state index contributed by atoms with van der Waals surface area (Å²) >= 11 is 23.7. The summed E-state index contributed by atoms with van der Waals surface area (Å²) in [6.45, 7) is 13.6. The summed E-state index contributed by atoms with van der Waals surface area (Å²) < 4.78 is 61.7. The Kier molecular flexibility index (Phi) is 25.7. The summed E-state index contributed by atoms with van der Waals surface area (Å²) in [5, 5.41) is 3.57. The molecule has 1 heterocycles. The van der Waals surface area contributed by atoms with Gasteiger partial charge in [-0.3, -0.25) is 4.79 Å². The van der Waals surface area contributed by atoms with Gasteiger partial charge in [0, 0.05) is 67.0 Å². The van der Waals surface area contributed by atoms with Crippen LogP contribution in [-0.2, 0) is 52.7 Å². The van der Waals surface area contributed by atoms with Crippen LogP contribution >= 0.6 is 46.4 Å². The van der Waals surface area contributed by atoms with Gasteiger partial charge in [-0.1, -0.05) is 119 Å². The van der Waals surface area contributed by atoms with Crippen molar-refractivity contribution in [1.29, 1.82) is 0 Å². The van der Waals surface area contributed by atoms with E-state index < -0.39 is 25.8 Å². The fourth-order valence-electron chi connectivity index (χ4n) is 7.37. The van der Waals surface area contributed by atoms with Crippen molar-refractivity contribution in [3.05, 3.63) is 241 Å². The number of sulfone groups is 1. The van der Waals surface area contributed by atoms with Gasteiger partial charge in [-0.05, 0) is 184 Å². The van der Waals surface area contributed by atoms with Crippen molar-refractivity contribution < 1.29 is 59.2 Å². The van der Waals surface area contributed by atoms with Crippen LogP contribution in [0, 0.1) is 42.0 Å². The quantitative estimate of drug-likeness (QED) is 0.0663. The molecule has 0 spiro atoms. The number of rotatable bonds is 12. The maximum atomic E-state index is 13.1. The van der Waals surface area contributed by atoms with Crippen molar-refractivity contribution in [2.75, 3.05) is 13.2 Å². The minimum Gasteiger partial charge on any atom is -0.463 e. The number of aldehydes is 1. The van der Waals surface area contributed by atoms with Gasteiger partial charge < -0.3 is 16.9 Å². The Morgan fingerprint density at radius 2 is 1.08 bits per heavy atom. The van der Waals surface area contributed by atoms with Crippen LogP contribution in [0.2, 0.25) is 20.1 Å². The van der Waals surface area contributed by atoms with Gasteiger partial charge in [0.15, 0.2) is 9.84 Å². The van der Waals surface area contributed by atoms with Gasteiger partial charge in [-0.2, -0.15) is 0 Å². The minimum absolute atomic E-state index is 0. The molecule has 0 aliphatic heterocycles. The van der Waals surface area contributed by atoms with Crippen molar-refractivity contribution in [2.24, 2.45) is 0 Å². The molecule has 10 nitrogen and oxygen atoms in total. The summed E-state index contributed by atoms with van der Waals surface area (Å²) in [7, 11) is -7.39. The average Bonchev–Trinajstić information content (AvgIpc) is 4.08. The summed E-state index contributed by atoms with van der Waals surface area (Å²) in [5.74, 6) is -0.951. The fraction of sp³-hybridized carbons (Fsp3) is 0.167. The van der Waals surface area contributed by atoms with Crippen molar-refractivity contribution >= 4 is 96.1 Å². The van der Waals surface area contributed by atoms with Gasteiger partial charge in [0.2, 0.25) is 0 Å². The second-order valence-corrected chi connectivity index (χ2v) is 22.2. The Balaban J connectivity index is 0.000000280. The van der Waals surface area contributed by atoms with E-state index in [2.05, 4.69) is 0 Å². The third-order valence-electron chi connectivity index (χ3n) is 11.4. The van der Waals surface area contributed by atoms with Crippen LogP contribution < -0.4 is 0 Å². The maximum Gasteiger partial charge on any atom is 0.356 e. The number of nitrogens with zero attached hydrogens (tertiary/aromatic N) is 1. The van der Waals surface area contributed by atoms with E-state index >= 15 is 0 Å².